The number of halogens is 2. The Labute approximate surface area is 94.8 Å². The van der Waals surface area contributed by atoms with Crippen molar-refractivity contribution in [1.82, 2.24) is 0 Å². The molecule has 0 spiro atoms. The topological polar surface area (TPSA) is 40.5 Å². The van der Waals surface area contributed by atoms with Crippen LogP contribution in [0.25, 0.3) is 10.1 Å². The summed E-state index contributed by atoms with van der Waals surface area (Å²) in [7, 11) is -1.59. The van der Waals surface area contributed by atoms with Gasteiger partial charge in [-0.1, -0.05) is 23.2 Å². The number of thiophene rings is 1. The van der Waals surface area contributed by atoms with Crippen LogP contribution in [0.5, 0.6) is 0 Å². The predicted octanol–water partition coefficient (Wildman–Crippen LogP) is 1.89. The summed E-state index contributed by atoms with van der Waals surface area (Å²) in [5.74, 6) is 0. The van der Waals surface area contributed by atoms with E-state index >= 15 is 0 Å². The van der Waals surface area contributed by atoms with Gasteiger partial charge in [0.15, 0.2) is 0 Å². The standard InChI is InChI=1S/C8H5BCl2O2S/c10-7-4-1-2-14-6(4)3-5(8(7)11)9(12)13/h1-3,12-13H. The van der Waals surface area contributed by atoms with Gasteiger partial charge in [-0.3, -0.25) is 0 Å². The molecule has 72 valence electrons. The van der Waals surface area contributed by atoms with Gasteiger partial charge in [0.1, 0.15) is 0 Å². The first kappa shape index (κ1) is 10.3. The number of hydrogen-bond acceptors (Lipinski definition) is 3. The van der Waals surface area contributed by atoms with Crippen LogP contribution in [0, 0.1) is 0 Å². The lowest BCUT2D eigenvalue weighted by Crippen LogP contribution is -2.30. The molecule has 0 aliphatic heterocycles. The molecule has 2 rings (SSSR count). The van der Waals surface area contributed by atoms with Crippen molar-refractivity contribution in [2.45, 2.75) is 0 Å². The molecule has 2 N–H and O–H groups in total. The Morgan fingerprint density at radius 2 is 1.93 bits per heavy atom. The average Bonchev–Trinajstić information content (AvgIpc) is 2.58. The van der Waals surface area contributed by atoms with Crippen molar-refractivity contribution < 1.29 is 10.0 Å². The van der Waals surface area contributed by atoms with Crippen LogP contribution in [0.4, 0.5) is 0 Å². The van der Waals surface area contributed by atoms with Crippen molar-refractivity contribution in [3.05, 3.63) is 27.6 Å². The molecule has 6 heteroatoms. The molecule has 0 saturated heterocycles. The summed E-state index contributed by atoms with van der Waals surface area (Å²) in [6.45, 7) is 0. The normalized spacial score (nSPS) is 10.9. The zero-order chi connectivity index (χ0) is 10.3. The van der Waals surface area contributed by atoms with Crippen LogP contribution in [-0.2, 0) is 0 Å². The highest BCUT2D eigenvalue weighted by Crippen LogP contribution is 2.32. The van der Waals surface area contributed by atoms with Gasteiger partial charge in [0, 0.05) is 15.5 Å². The number of fused-ring (bicyclic) bond motifs is 1. The summed E-state index contributed by atoms with van der Waals surface area (Å²) in [4.78, 5) is 0. The SMILES string of the molecule is OB(O)c1cc2sccc2c(Cl)c1Cl. The van der Waals surface area contributed by atoms with E-state index in [4.69, 9.17) is 33.2 Å². The highest BCUT2D eigenvalue weighted by atomic mass is 35.5. The molecule has 2 nitrogen and oxygen atoms in total. The highest BCUT2D eigenvalue weighted by Gasteiger charge is 2.19. The summed E-state index contributed by atoms with van der Waals surface area (Å²) < 4.78 is 0.891. The second-order valence-electron chi connectivity index (χ2n) is 2.80. The second kappa shape index (κ2) is 3.72. The van der Waals surface area contributed by atoms with Gasteiger partial charge >= 0.3 is 7.12 Å². The van der Waals surface area contributed by atoms with E-state index in [1.165, 1.54) is 11.3 Å². The van der Waals surface area contributed by atoms with E-state index in [1.54, 1.807) is 6.07 Å². The van der Waals surface area contributed by atoms with E-state index < -0.39 is 7.12 Å². The van der Waals surface area contributed by atoms with Crippen LogP contribution in [0.2, 0.25) is 10.0 Å². The predicted molar refractivity (Wildman–Crippen MR) is 61.7 cm³/mol. The lowest BCUT2D eigenvalue weighted by Gasteiger charge is -2.05. The van der Waals surface area contributed by atoms with Crippen LogP contribution in [-0.4, -0.2) is 17.2 Å². The molecule has 0 unspecified atom stereocenters. The third-order valence-electron chi connectivity index (χ3n) is 1.94. The third-order valence-corrected chi connectivity index (χ3v) is 3.70. The van der Waals surface area contributed by atoms with Gasteiger partial charge in [-0.2, -0.15) is 0 Å². The number of hydrogen-bond donors (Lipinski definition) is 2. The van der Waals surface area contributed by atoms with Gasteiger partial charge in [0.25, 0.3) is 0 Å². The van der Waals surface area contributed by atoms with Crippen molar-refractivity contribution in [2.75, 3.05) is 0 Å². The molecule has 1 aromatic heterocycles. The Bertz CT molecular complexity index is 483. The van der Waals surface area contributed by atoms with E-state index in [-0.39, 0.29) is 10.5 Å². The first-order chi connectivity index (χ1) is 6.61. The van der Waals surface area contributed by atoms with Gasteiger partial charge in [-0.15, -0.1) is 11.3 Å². The van der Waals surface area contributed by atoms with E-state index in [9.17, 15) is 0 Å². The fourth-order valence-electron chi connectivity index (χ4n) is 1.25. The smallest absolute Gasteiger partial charge is 0.423 e. The minimum atomic E-state index is -1.59. The van der Waals surface area contributed by atoms with E-state index in [2.05, 4.69) is 0 Å². The second-order valence-corrected chi connectivity index (χ2v) is 4.50. The molecular formula is C8H5BCl2O2S. The van der Waals surface area contributed by atoms with Crippen molar-refractivity contribution in [1.29, 1.82) is 0 Å². The molecule has 14 heavy (non-hydrogen) atoms. The van der Waals surface area contributed by atoms with E-state index in [0.29, 0.717) is 5.02 Å². The fraction of sp³-hybridized carbons (Fsp3) is 0. The largest absolute Gasteiger partial charge is 0.490 e. The summed E-state index contributed by atoms with van der Waals surface area (Å²) in [5.41, 5.74) is 0.242. The highest BCUT2D eigenvalue weighted by molar-refractivity contribution is 7.17. The molecular weight excluding hydrogens is 242 g/mol. The van der Waals surface area contributed by atoms with Gasteiger partial charge < -0.3 is 10.0 Å². The van der Waals surface area contributed by atoms with Crippen LogP contribution in [0.1, 0.15) is 0 Å². The zero-order valence-electron chi connectivity index (χ0n) is 6.87. The van der Waals surface area contributed by atoms with Crippen molar-refractivity contribution in [3.8, 4) is 0 Å². The zero-order valence-corrected chi connectivity index (χ0v) is 9.20. The van der Waals surface area contributed by atoms with Crippen molar-refractivity contribution in [2.24, 2.45) is 0 Å². The lowest BCUT2D eigenvalue weighted by atomic mass is 9.80. The molecule has 1 aromatic carbocycles. The molecule has 2 aromatic rings. The van der Waals surface area contributed by atoms with Crippen molar-refractivity contribution >= 4 is 57.2 Å². The van der Waals surface area contributed by atoms with Crippen LogP contribution < -0.4 is 5.46 Å². The molecule has 1 heterocycles. The minimum absolute atomic E-state index is 0.201. The Morgan fingerprint density at radius 3 is 2.57 bits per heavy atom. The summed E-state index contributed by atoms with van der Waals surface area (Å²) in [6, 6.07) is 3.49. The Balaban J connectivity index is 2.80. The maximum atomic E-state index is 9.04. The average molecular weight is 247 g/mol. The maximum Gasteiger partial charge on any atom is 0.490 e. The molecule has 0 fully saturated rings. The number of rotatable bonds is 1. The monoisotopic (exact) mass is 246 g/mol. The molecule has 0 saturated carbocycles. The first-order valence-electron chi connectivity index (χ1n) is 3.82. The van der Waals surface area contributed by atoms with Gasteiger partial charge in [0.05, 0.1) is 10.0 Å². The minimum Gasteiger partial charge on any atom is -0.423 e. The Morgan fingerprint density at radius 1 is 1.21 bits per heavy atom. The van der Waals surface area contributed by atoms with Crippen molar-refractivity contribution in [3.63, 3.8) is 0 Å². The Hall–Kier alpha value is -0.255. The summed E-state index contributed by atoms with van der Waals surface area (Å²) >= 11 is 13.3. The van der Waals surface area contributed by atoms with Gasteiger partial charge in [-0.05, 0) is 17.5 Å². The summed E-state index contributed by atoms with van der Waals surface area (Å²) in [5, 5.41) is 21.4. The molecule has 0 amide bonds. The van der Waals surface area contributed by atoms with Crippen LogP contribution in [0.15, 0.2) is 17.5 Å². The Kier molecular flexibility index (Phi) is 2.73. The molecule has 0 radical (unpaired) electrons. The van der Waals surface area contributed by atoms with Gasteiger partial charge in [-0.25, -0.2) is 0 Å². The lowest BCUT2D eigenvalue weighted by molar-refractivity contribution is 0.426. The third kappa shape index (κ3) is 1.53. The van der Waals surface area contributed by atoms with Gasteiger partial charge in [0.2, 0.25) is 0 Å². The molecule has 0 aliphatic rings. The number of benzene rings is 1. The summed E-state index contributed by atoms with van der Waals surface area (Å²) in [6.07, 6.45) is 0. The van der Waals surface area contributed by atoms with Crippen LogP contribution in [0.3, 0.4) is 0 Å². The molecule has 0 bridgehead atoms. The fourth-order valence-corrected chi connectivity index (χ4v) is 2.68. The quantitative estimate of drug-likeness (QED) is 0.755. The van der Waals surface area contributed by atoms with E-state index in [1.807, 2.05) is 11.4 Å². The maximum absolute atomic E-state index is 9.04. The molecule has 0 atom stereocenters. The molecule has 0 aliphatic carbocycles. The first-order valence-corrected chi connectivity index (χ1v) is 5.46. The van der Waals surface area contributed by atoms with Crippen LogP contribution >= 0.6 is 34.5 Å². The van der Waals surface area contributed by atoms with E-state index in [0.717, 1.165) is 10.1 Å².